The molecule has 0 atom stereocenters. The molecule has 1 saturated carbocycles. The maximum absolute atomic E-state index is 11.5. The fraction of sp³-hybridized carbons (Fsp3) is 0.300. The first kappa shape index (κ1) is 7.35. The van der Waals surface area contributed by atoms with E-state index in [1.807, 2.05) is 12.1 Å². The minimum absolute atomic E-state index is 0.252. The number of nitrogens with two attached hydrogens (primary N) is 1. The second-order valence-corrected chi connectivity index (χ2v) is 3.26. The molecule has 1 aliphatic rings. The zero-order chi connectivity index (χ0) is 8.55. The topological polar surface area (TPSA) is 43.1 Å². The third-order valence-corrected chi connectivity index (χ3v) is 2.12. The number of hydrogen-bond donors (Lipinski definition) is 1. The van der Waals surface area contributed by atoms with E-state index >= 15 is 0 Å². The van der Waals surface area contributed by atoms with Gasteiger partial charge in [-0.1, -0.05) is 12.1 Å². The Hall–Kier alpha value is -1.31. The van der Waals surface area contributed by atoms with Gasteiger partial charge >= 0.3 is 0 Å². The lowest BCUT2D eigenvalue weighted by Crippen LogP contribution is -2.01. The molecule has 1 aliphatic carbocycles. The molecule has 12 heavy (non-hydrogen) atoms. The van der Waals surface area contributed by atoms with Crippen molar-refractivity contribution >= 4 is 11.5 Å². The Balaban J connectivity index is 2.26. The fourth-order valence-corrected chi connectivity index (χ4v) is 1.27. The summed E-state index contributed by atoms with van der Waals surface area (Å²) in [6, 6.07) is 7.20. The largest absolute Gasteiger partial charge is 0.399 e. The van der Waals surface area contributed by atoms with E-state index in [-0.39, 0.29) is 11.7 Å². The van der Waals surface area contributed by atoms with E-state index in [2.05, 4.69) is 0 Å². The average molecular weight is 161 g/mol. The van der Waals surface area contributed by atoms with E-state index in [0.29, 0.717) is 5.69 Å². The highest BCUT2D eigenvalue weighted by atomic mass is 16.1. The first-order valence-electron chi connectivity index (χ1n) is 4.17. The van der Waals surface area contributed by atoms with E-state index in [9.17, 15) is 4.79 Å². The molecule has 0 bridgehead atoms. The van der Waals surface area contributed by atoms with Crippen LogP contribution >= 0.6 is 0 Å². The van der Waals surface area contributed by atoms with Crippen molar-refractivity contribution in [3.63, 3.8) is 0 Å². The summed E-state index contributed by atoms with van der Waals surface area (Å²) in [5.74, 6) is 0.536. The number of carbonyl (C=O) groups excluding carboxylic acids is 1. The number of Topliss-reactive ketones (excluding diaryl/α,β-unsaturated/α-hetero) is 1. The van der Waals surface area contributed by atoms with Crippen molar-refractivity contribution in [2.24, 2.45) is 5.92 Å². The standard InChI is InChI=1S/C10H11NO/c11-9-3-1-2-8(6-9)10(12)7-4-5-7/h1-3,6-7H,4-5,11H2. The third kappa shape index (κ3) is 1.33. The van der Waals surface area contributed by atoms with Crippen LogP contribution in [0.2, 0.25) is 0 Å². The Kier molecular flexibility index (Phi) is 1.61. The van der Waals surface area contributed by atoms with Gasteiger partial charge in [-0.2, -0.15) is 0 Å². The van der Waals surface area contributed by atoms with Crippen LogP contribution in [0, 0.1) is 5.92 Å². The zero-order valence-electron chi connectivity index (χ0n) is 6.79. The molecule has 2 heteroatoms. The normalized spacial score (nSPS) is 16.0. The first-order chi connectivity index (χ1) is 5.77. The molecule has 1 fully saturated rings. The van der Waals surface area contributed by atoms with E-state index in [4.69, 9.17) is 5.73 Å². The van der Waals surface area contributed by atoms with Crippen molar-refractivity contribution in [1.82, 2.24) is 0 Å². The van der Waals surface area contributed by atoms with E-state index in [0.717, 1.165) is 18.4 Å². The van der Waals surface area contributed by atoms with Crippen LogP contribution in [0.3, 0.4) is 0 Å². The van der Waals surface area contributed by atoms with Crippen molar-refractivity contribution in [3.05, 3.63) is 29.8 Å². The Morgan fingerprint density at radius 1 is 1.42 bits per heavy atom. The lowest BCUT2D eigenvalue weighted by atomic mass is 10.1. The molecule has 0 saturated heterocycles. The van der Waals surface area contributed by atoms with E-state index in [1.54, 1.807) is 12.1 Å². The first-order valence-corrected chi connectivity index (χ1v) is 4.17. The fourth-order valence-electron chi connectivity index (χ4n) is 1.27. The lowest BCUT2D eigenvalue weighted by Gasteiger charge is -1.98. The molecule has 1 aromatic carbocycles. The van der Waals surface area contributed by atoms with Gasteiger partial charge in [-0.05, 0) is 25.0 Å². The third-order valence-electron chi connectivity index (χ3n) is 2.12. The number of ketones is 1. The number of nitrogen functional groups attached to an aromatic ring is 1. The Morgan fingerprint density at radius 3 is 2.75 bits per heavy atom. The van der Waals surface area contributed by atoms with Crippen LogP contribution in [-0.2, 0) is 0 Å². The summed E-state index contributed by atoms with van der Waals surface area (Å²) in [4.78, 5) is 11.5. The van der Waals surface area contributed by atoms with Gasteiger partial charge in [0, 0.05) is 17.2 Å². The van der Waals surface area contributed by atoms with Crippen molar-refractivity contribution in [2.75, 3.05) is 5.73 Å². The molecule has 0 aromatic heterocycles. The highest BCUT2D eigenvalue weighted by molar-refractivity contribution is 5.99. The van der Waals surface area contributed by atoms with Gasteiger partial charge in [0.25, 0.3) is 0 Å². The number of anilines is 1. The van der Waals surface area contributed by atoms with Gasteiger partial charge in [0.1, 0.15) is 0 Å². The Morgan fingerprint density at radius 2 is 2.17 bits per heavy atom. The summed E-state index contributed by atoms with van der Waals surface area (Å²) < 4.78 is 0. The molecule has 0 aliphatic heterocycles. The molecule has 1 aromatic rings. The summed E-state index contributed by atoms with van der Waals surface area (Å²) in [6.07, 6.45) is 2.10. The quantitative estimate of drug-likeness (QED) is 0.531. The van der Waals surface area contributed by atoms with Crippen molar-refractivity contribution in [1.29, 1.82) is 0 Å². The molecule has 62 valence electrons. The predicted octanol–water partition coefficient (Wildman–Crippen LogP) is 1.86. The maximum atomic E-state index is 11.5. The molecule has 2 N–H and O–H groups in total. The van der Waals surface area contributed by atoms with Crippen LogP contribution in [0.4, 0.5) is 5.69 Å². The number of rotatable bonds is 2. The Bertz CT molecular complexity index is 315. The van der Waals surface area contributed by atoms with E-state index in [1.165, 1.54) is 0 Å². The van der Waals surface area contributed by atoms with Gasteiger partial charge in [0.2, 0.25) is 0 Å². The molecule has 0 spiro atoms. The molecule has 0 amide bonds. The van der Waals surface area contributed by atoms with Crippen LogP contribution in [-0.4, -0.2) is 5.78 Å². The summed E-state index contributed by atoms with van der Waals surface area (Å²) in [5, 5.41) is 0. The van der Waals surface area contributed by atoms with Gasteiger partial charge in [-0.3, -0.25) is 4.79 Å². The SMILES string of the molecule is Nc1cccc(C(=O)C2CC2)c1. The minimum Gasteiger partial charge on any atom is -0.399 e. The predicted molar refractivity (Wildman–Crippen MR) is 47.9 cm³/mol. The summed E-state index contributed by atoms with van der Waals surface area (Å²) in [5.41, 5.74) is 6.99. The summed E-state index contributed by atoms with van der Waals surface area (Å²) >= 11 is 0. The van der Waals surface area contributed by atoms with Gasteiger partial charge in [0.15, 0.2) is 5.78 Å². The van der Waals surface area contributed by atoms with Crippen LogP contribution in [0.1, 0.15) is 23.2 Å². The maximum Gasteiger partial charge on any atom is 0.166 e. The molecule has 0 unspecified atom stereocenters. The van der Waals surface area contributed by atoms with Crippen molar-refractivity contribution in [2.45, 2.75) is 12.8 Å². The van der Waals surface area contributed by atoms with Gasteiger partial charge in [0.05, 0.1) is 0 Å². The molecule has 0 heterocycles. The van der Waals surface area contributed by atoms with E-state index < -0.39 is 0 Å². The highest BCUT2D eigenvalue weighted by Crippen LogP contribution is 2.32. The van der Waals surface area contributed by atoms with Crippen molar-refractivity contribution < 1.29 is 4.79 Å². The van der Waals surface area contributed by atoms with Crippen LogP contribution < -0.4 is 5.73 Å². The second kappa shape index (κ2) is 2.63. The number of hydrogen-bond acceptors (Lipinski definition) is 2. The van der Waals surface area contributed by atoms with Crippen LogP contribution in [0.5, 0.6) is 0 Å². The van der Waals surface area contributed by atoms with Gasteiger partial charge in [-0.25, -0.2) is 0 Å². The monoisotopic (exact) mass is 161 g/mol. The molecule has 2 nitrogen and oxygen atoms in total. The van der Waals surface area contributed by atoms with Crippen molar-refractivity contribution in [3.8, 4) is 0 Å². The number of benzene rings is 1. The lowest BCUT2D eigenvalue weighted by molar-refractivity contribution is 0.0967. The molecule has 0 radical (unpaired) electrons. The smallest absolute Gasteiger partial charge is 0.166 e. The summed E-state index contributed by atoms with van der Waals surface area (Å²) in [7, 11) is 0. The number of carbonyl (C=O) groups is 1. The minimum atomic E-state index is 0.252. The van der Waals surface area contributed by atoms with Gasteiger partial charge in [-0.15, -0.1) is 0 Å². The second-order valence-electron chi connectivity index (χ2n) is 3.26. The average Bonchev–Trinajstić information content (AvgIpc) is 2.85. The molecular formula is C10H11NO. The molecule has 2 rings (SSSR count). The Labute approximate surface area is 71.4 Å². The van der Waals surface area contributed by atoms with Crippen LogP contribution in [0.25, 0.3) is 0 Å². The molecular weight excluding hydrogens is 150 g/mol. The summed E-state index contributed by atoms with van der Waals surface area (Å²) in [6.45, 7) is 0. The van der Waals surface area contributed by atoms with Crippen LogP contribution in [0.15, 0.2) is 24.3 Å². The highest BCUT2D eigenvalue weighted by Gasteiger charge is 2.30. The van der Waals surface area contributed by atoms with Gasteiger partial charge < -0.3 is 5.73 Å². The zero-order valence-corrected chi connectivity index (χ0v) is 6.79.